The molecule has 31 heavy (non-hydrogen) atoms. The van der Waals surface area contributed by atoms with Crippen molar-refractivity contribution in [3.8, 4) is 5.75 Å². The molecule has 3 rings (SSSR count). The van der Waals surface area contributed by atoms with Gasteiger partial charge in [0.25, 0.3) is 5.69 Å². The van der Waals surface area contributed by atoms with E-state index >= 15 is 0 Å². The van der Waals surface area contributed by atoms with Gasteiger partial charge >= 0.3 is 0 Å². The van der Waals surface area contributed by atoms with Crippen LogP contribution in [0.25, 0.3) is 0 Å². The number of aryl methyl sites for hydroxylation is 1. The average Bonchev–Trinajstić information content (AvgIpc) is 3.17. The van der Waals surface area contributed by atoms with E-state index in [-0.39, 0.29) is 23.5 Å². The molecule has 2 aromatic carbocycles. The van der Waals surface area contributed by atoms with Crippen LogP contribution in [0.2, 0.25) is 0 Å². The summed E-state index contributed by atoms with van der Waals surface area (Å²) in [6, 6.07) is 14.1. The predicted octanol–water partition coefficient (Wildman–Crippen LogP) is 4.39. The number of thioether (sulfide) groups is 1. The fourth-order valence-electron chi connectivity index (χ4n) is 2.97. The molecule has 1 amide bonds. The summed E-state index contributed by atoms with van der Waals surface area (Å²) in [6.45, 7) is 6.14. The van der Waals surface area contributed by atoms with E-state index in [1.165, 1.54) is 17.8 Å². The molecule has 1 N–H and O–H groups in total. The molecule has 0 aliphatic heterocycles. The first-order valence-electron chi connectivity index (χ1n) is 9.71. The minimum absolute atomic E-state index is 0.0341. The number of rotatable bonds is 9. The number of hydrogen-bond donors (Lipinski definition) is 1. The lowest BCUT2D eigenvalue weighted by Gasteiger charge is -2.15. The number of anilines is 1. The van der Waals surface area contributed by atoms with Crippen LogP contribution in [0.4, 0.5) is 11.4 Å². The molecule has 0 saturated heterocycles. The number of nitrogens with zero attached hydrogens (tertiary/aromatic N) is 4. The highest BCUT2D eigenvalue weighted by Gasteiger charge is 2.20. The van der Waals surface area contributed by atoms with Gasteiger partial charge in [-0.2, -0.15) is 0 Å². The maximum Gasteiger partial charge on any atom is 0.274 e. The summed E-state index contributed by atoms with van der Waals surface area (Å²) in [7, 11) is 0. The van der Waals surface area contributed by atoms with Crippen LogP contribution in [0.15, 0.2) is 53.7 Å². The van der Waals surface area contributed by atoms with Gasteiger partial charge in [-0.1, -0.05) is 36.0 Å². The van der Waals surface area contributed by atoms with Crippen molar-refractivity contribution in [3.05, 3.63) is 70.0 Å². The quantitative estimate of drug-likeness (QED) is 0.298. The van der Waals surface area contributed by atoms with Crippen molar-refractivity contribution in [1.29, 1.82) is 0 Å². The van der Waals surface area contributed by atoms with E-state index in [9.17, 15) is 14.9 Å². The third-order valence-electron chi connectivity index (χ3n) is 4.50. The average molecular weight is 442 g/mol. The van der Waals surface area contributed by atoms with Crippen LogP contribution in [0.3, 0.4) is 0 Å². The van der Waals surface area contributed by atoms with Crippen LogP contribution in [0.1, 0.15) is 31.3 Å². The number of amides is 1. The Labute approximate surface area is 184 Å². The molecule has 10 heteroatoms. The SMILES string of the molecule is CCn1c(SCC(=O)Nc2ccc(C)c([N+](=O)[O-])c2)nnc1[C@@H](C)Oc1ccccc1. The van der Waals surface area contributed by atoms with E-state index in [0.717, 1.165) is 5.75 Å². The van der Waals surface area contributed by atoms with E-state index in [2.05, 4.69) is 15.5 Å². The van der Waals surface area contributed by atoms with Gasteiger partial charge in [-0.25, -0.2) is 0 Å². The van der Waals surface area contributed by atoms with Gasteiger partial charge in [0.1, 0.15) is 5.75 Å². The summed E-state index contributed by atoms with van der Waals surface area (Å²) in [5.41, 5.74) is 0.881. The van der Waals surface area contributed by atoms with Crippen molar-refractivity contribution in [2.45, 2.75) is 38.6 Å². The second-order valence-corrected chi connectivity index (χ2v) is 7.70. The second-order valence-electron chi connectivity index (χ2n) is 6.75. The first-order chi connectivity index (χ1) is 14.9. The van der Waals surface area contributed by atoms with E-state index < -0.39 is 4.92 Å². The summed E-state index contributed by atoms with van der Waals surface area (Å²) in [4.78, 5) is 23.0. The number of carbonyl (C=O) groups excluding carboxylic acids is 1. The topological polar surface area (TPSA) is 112 Å². The molecule has 0 aliphatic rings. The molecule has 0 saturated carbocycles. The van der Waals surface area contributed by atoms with E-state index in [1.807, 2.05) is 48.7 Å². The maximum absolute atomic E-state index is 12.3. The molecular weight excluding hydrogens is 418 g/mol. The molecule has 1 aromatic heterocycles. The Morgan fingerprint density at radius 2 is 2.00 bits per heavy atom. The number of aromatic nitrogens is 3. The number of para-hydroxylation sites is 1. The zero-order valence-electron chi connectivity index (χ0n) is 17.4. The predicted molar refractivity (Wildman–Crippen MR) is 118 cm³/mol. The van der Waals surface area contributed by atoms with Gasteiger partial charge in [-0.3, -0.25) is 14.9 Å². The molecule has 0 spiro atoms. The molecule has 1 heterocycles. The van der Waals surface area contributed by atoms with Crippen molar-refractivity contribution >= 4 is 29.0 Å². The van der Waals surface area contributed by atoms with Crippen molar-refractivity contribution in [1.82, 2.24) is 14.8 Å². The third-order valence-corrected chi connectivity index (χ3v) is 5.47. The van der Waals surface area contributed by atoms with Crippen LogP contribution in [0, 0.1) is 17.0 Å². The first kappa shape index (κ1) is 22.3. The minimum atomic E-state index is -0.469. The minimum Gasteiger partial charge on any atom is -0.483 e. The van der Waals surface area contributed by atoms with Crippen LogP contribution >= 0.6 is 11.8 Å². The lowest BCUT2D eigenvalue weighted by molar-refractivity contribution is -0.385. The summed E-state index contributed by atoms with van der Waals surface area (Å²) in [6.07, 6.45) is -0.314. The Kier molecular flexibility index (Phi) is 7.24. The van der Waals surface area contributed by atoms with Crippen LogP contribution < -0.4 is 10.1 Å². The Hall–Kier alpha value is -3.40. The lowest BCUT2D eigenvalue weighted by Crippen LogP contribution is -2.15. The van der Waals surface area contributed by atoms with Crippen molar-refractivity contribution in [3.63, 3.8) is 0 Å². The van der Waals surface area contributed by atoms with Gasteiger partial charge in [0.2, 0.25) is 5.91 Å². The number of nitro benzene ring substituents is 1. The smallest absolute Gasteiger partial charge is 0.274 e. The number of benzene rings is 2. The fraction of sp³-hybridized carbons (Fsp3) is 0.286. The van der Waals surface area contributed by atoms with Crippen molar-refractivity contribution in [2.24, 2.45) is 0 Å². The molecule has 162 valence electrons. The Morgan fingerprint density at radius 3 is 2.68 bits per heavy atom. The molecule has 1 atom stereocenters. The van der Waals surface area contributed by atoms with E-state index in [1.54, 1.807) is 19.1 Å². The van der Waals surface area contributed by atoms with Crippen LogP contribution in [-0.2, 0) is 11.3 Å². The lowest BCUT2D eigenvalue weighted by atomic mass is 10.2. The van der Waals surface area contributed by atoms with Crippen LogP contribution in [0.5, 0.6) is 5.75 Å². The third kappa shape index (κ3) is 5.60. The van der Waals surface area contributed by atoms with Gasteiger partial charge in [-0.15, -0.1) is 10.2 Å². The number of carbonyl (C=O) groups is 1. The van der Waals surface area contributed by atoms with Crippen LogP contribution in [-0.4, -0.2) is 31.3 Å². The zero-order valence-corrected chi connectivity index (χ0v) is 18.3. The molecule has 0 unspecified atom stereocenters. The molecule has 0 radical (unpaired) electrons. The Bertz CT molecular complexity index is 1070. The van der Waals surface area contributed by atoms with Gasteiger partial charge in [0.05, 0.1) is 10.7 Å². The van der Waals surface area contributed by atoms with Gasteiger partial charge < -0.3 is 14.6 Å². The zero-order chi connectivity index (χ0) is 22.4. The van der Waals surface area contributed by atoms with Gasteiger partial charge in [0.15, 0.2) is 17.1 Å². The Balaban J connectivity index is 1.63. The molecule has 0 bridgehead atoms. The normalized spacial score (nSPS) is 11.7. The molecule has 3 aromatic rings. The first-order valence-corrected chi connectivity index (χ1v) is 10.7. The van der Waals surface area contributed by atoms with Crippen molar-refractivity contribution in [2.75, 3.05) is 11.1 Å². The molecule has 0 aliphatic carbocycles. The van der Waals surface area contributed by atoms with E-state index in [0.29, 0.717) is 28.8 Å². The highest BCUT2D eigenvalue weighted by atomic mass is 32.2. The molecule has 9 nitrogen and oxygen atoms in total. The molecule has 0 fully saturated rings. The number of nitrogens with one attached hydrogen (secondary N) is 1. The summed E-state index contributed by atoms with van der Waals surface area (Å²) >= 11 is 1.25. The maximum atomic E-state index is 12.3. The fourth-order valence-corrected chi connectivity index (χ4v) is 3.78. The number of ether oxygens (including phenoxy) is 1. The Morgan fingerprint density at radius 1 is 1.26 bits per heavy atom. The largest absolute Gasteiger partial charge is 0.483 e. The standard InChI is InChI=1S/C21H23N5O4S/c1-4-25-20(15(3)30-17-8-6-5-7-9-17)23-24-21(25)31-13-19(27)22-16-11-10-14(2)18(12-16)26(28)29/h5-12,15H,4,13H2,1-3H3,(H,22,27)/t15-/m1/s1. The molecular formula is C21H23N5O4S. The second kappa shape index (κ2) is 10.1. The summed E-state index contributed by atoms with van der Waals surface area (Å²) in [5.74, 6) is 1.21. The summed E-state index contributed by atoms with van der Waals surface area (Å²) in [5, 5.41) is 22.8. The van der Waals surface area contributed by atoms with Crippen molar-refractivity contribution < 1.29 is 14.5 Å². The highest BCUT2D eigenvalue weighted by Crippen LogP contribution is 2.25. The monoisotopic (exact) mass is 441 g/mol. The number of nitro groups is 1. The van der Waals surface area contributed by atoms with Gasteiger partial charge in [0, 0.05) is 23.9 Å². The highest BCUT2D eigenvalue weighted by molar-refractivity contribution is 7.99. The number of hydrogen-bond acceptors (Lipinski definition) is 7. The van der Waals surface area contributed by atoms with E-state index in [4.69, 9.17) is 4.74 Å². The van der Waals surface area contributed by atoms with Gasteiger partial charge in [-0.05, 0) is 39.0 Å². The summed E-state index contributed by atoms with van der Waals surface area (Å²) < 4.78 is 7.84.